The lowest BCUT2D eigenvalue weighted by Crippen LogP contribution is -2.27. The van der Waals surface area contributed by atoms with Gasteiger partial charge in [0.1, 0.15) is 5.56 Å². The summed E-state index contributed by atoms with van der Waals surface area (Å²) >= 11 is 0. The molecule has 0 atom stereocenters. The second kappa shape index (κ2) is 5.46. The van der Waals surface area contributed by atoms with E-state index < -0.39 is 11.5 Å². The van der Waals surface area contributed by atoms with Crippen LogP contribution in [0.5, 0.6) is 0 Å². The summed E-state index contributed by atoms with van der Waals surface area (Å²) in [6.45, 7) is 1.40. The first-order chi connectivity index (χ1) is 7.52. The van der Waals surface area contributed by atoms with Gasteiger partial charge in [0.2, 0.25) is 0 Å². The molecular weight excluding hydrogens is 208 g/mol. The van der Waals surface area contributed by atoms with Gasteiger partial charge in [0.05, 0.1) is 0 Å². The number of carboxylic acid groups (broad SMARTS) is 1. The minimum atomic E-state index is -1.17. The summed E-state index contributed by atoms with van der Waals surface area (Å²) in [5.41, 5.74) is -0.610. The molecule has 16 heavy (non-hydrogen) atoms. The predicted octanol–water partition coefficient (Wildman–Crippen LogP) is 0.498. The van der Waals surface area contributed by atoms with Gasteiger partial charge < -0.3 is 14.6 Å². The average molecular weight is 224 g/mol. The van der Waals surface area contributed by atoms with Gasteiger partial charge in [0.25, 0.3) is 5.56 Å². The molecule has 0 amide bonds. The van der Waals surface area contributed by atoms with Crippen molar-refractivity contribution in [2.75, 3.05) is 20.6 Å². The number of carbonyl (C=O) groups is 1. The topological polar surface area (TPSA) is 62.5 Å². The highest BCUT2D eigenvalue weighted by atomic mass is 16.4. The molecule has 1 aromatic heterocycles. The predicted molar refractivity (Wildman–Crippen MR) is 60.8 cm³/mol. The monoisotopic (exact) mass is 224 g/mol. The van der Waals surface area contributed by atoms with E-state index in [-0.39, 0.29) is 5.56 Å². The van der Waals surface area contributed by atoms with Crippen LogP contribution in [0.3, 0.4) is 0 Å². The van der Waals surface area contributed by atoms with E-state index in [2.05, 4.69) is 0 Å². The van der Waals surface area contributed by atoms with E-state index in [1.807, 2.05) is 19.0 Å². The molecule has 0 aliphatic heterocycles. The van der Waals surface area contributed by atoms with Crippen LogP contribution in [0.2, 0.25) is 0 Å². The molecule has 0 spiro atoms. The molecule has 5 heteroatoms. The molecular formula is C11H16N2O3. The summed E-state index contributed by atoms with van der Waals surface area (Å²) in [5.74, 6) is -1.17. The fourth-order valence-corrected chi connectivity index (χ4v) is 1.43. The number of aromatic carboxylic acids is 1. The van der Waals surface area contributed by atoms with Crippen molar-refractivity contribution in [2.45, 2.75) is 13.0 Å². The van der Waals surface area contributed by atoms with Gasteiger partial charge in [-0.25, -0.2) is 4.79 Å². The fraction of sp³-hybridized carbons (Fsp3) is 0.455. The number of aryl methyl sites for hydroxylation is 1. The van der Waals surface area contributed by atoms with Gasteiger partial charge in [-0.05, 0) is 39.2 Å². The van der Waals surface area contributed by atoms with Crippen molar-refractivity contribution in [1.29, 1.82) is 0 Å². The Morgan fingerprint density at radius 3 is 2.75 bits per heavy atom. The fourth-order valence-electron chi connectivity index (χ4n) is 1.43. The second-order valence-corrected chi connectivity index (χ2v) is 3.88. The molecule has 0 bridgehead atoms. The maximum absolute atomic E-state index is 11.7. The number of rotatable bonds is 5. The van der Waals surface area contributed by atoms with E-state index in [4.69, 9.17) is 5.11 Å². The van der Waals surface area contributed by atoms with E-state index in [0.29, 0.717) is 6.54 Å². The highest BCUT2D eigenvalue weighted by molar-refractivity contribution is 5.86. The quantitative estimate of drug-likeness (QED) is 0.791. The van der Waals surface area contributed by atoms with Crippen molar-refractivity contribution in [3.05, 3.63) is 34.2 Å². The first-order valence-corrected chi connectivity index (χ1v) is 5.10. The smallest absolute Gasteiger partial charge is 0.341 e. The molecule has 88 valence electrons. The van der Waals surface area contributed by atoms with Crippen LogP contribution in [-0.4, -0.2) is 41.2 Å². The number of pyridine rings is 1. The molecule has 1 heterocycles. The van der Waals surface area contributed by atoms with Crippen molar-refractivity contribution in [3.8, 4) is 0 Å². The van der Waals surface area contributed by atoms with Crippen molar-refractivity contribution in [3.63, 3.8) is 0 Å². The number of hydrogen-bond acceptors (Lipinski definition) is 3. The zero-order chi connectivity index (χ0) is 12.1. The zero-order valence-corrected chi connectivity index (χ0v) is 9.51. The van der Waals surface area contributed by atoms with Crippen molar-refractivity contribution >= 4 is 5.97 Å². The molecule has 1 aromatic rings. The molecule has 0 radical (unpaired) electrons. The van der Waals surface area contributed by atoms with Crippen molar-refractivity contribution < 1.29 is 9.90 Å². The highest BCUT2D eigenvalue weighted by Crippen LogP contribution is 1.94. The van der Waals surface area contributed by atoms with E-state index in [1.165, 1.54) is 10.6 Å². The van der Waals surface area contributed by atoms with E-state index >= 15 is 0 Å². The Morgan fingerprint density at radius 1 is 1.50 bits per heavy atom. The zero-order valence-electron chi connectivity index (χ0n) is 9.51. The van der Waals surface area contributed by atoms with E-state index in [1.54, 1.807) is 12.3 Å². The number of hydrogen-bond donors (Lipinski definition) is 1. The van der Waals surface area contributed by atoms with Crippen LogP contribution in [-0.2, 0) is 6.54 Å². The van der Waals surface area contributed by atoms with Gasteiger partial charge >= 0.3 is 5.97 Å². The Labute approximate surface area is 93.9 Å². The Bertz CT molecular complexity index is 423. The minimum Gasteiger partial charge on any atom is -0.477 e. The molecule has 0 aromatic carbocycles. The second-order valence-electron chi connectivity index (χ2n) is 3.88. The summed E-state index contributed by atoms with van der Waals surface area (Å²) in [6, 6.07) is 2.91. The molecule has 0 saturated carbocycles. The molecule has 0 saturated heterocycles. The summed E-state index contributed by atoms with van der Waals surface area (Å²) in [4.78, 5) is 24.4. The number of carboxylic acids is 1. The SMILES string of the molecule is CN(C)CCCn1cccc(C(=O)O)c1=O. The van der Waals surface area contributed by atoms with Crippen LogP contribution >= 0.6 is 0 Å². The lowest BCUT2D eigenvalue weighted by Gasteiger charge is -2.10. The largest absolute Gasteiger partial charge is 0.477 e. The molecule has 0 unspecified atom stereocenters. The van der Waals surface area contributed by atoms with Gasteiger partial charge in [-0.15, -0.1) is 0 Å². The standard InChI is InChI=1S/C11H16N2O3/c1-12(2)6-4-8-13-7-3-5-9(10(13)14)11(15)16/h3,5,7H,4,6,8H2,1-2H3,(H,15,16). The summed E-state index contributed by atoms with van der Waals surface area (Å²) in [5, 5.41) is 8.78. The Morgan fingerprint density at radius 2 is 2.19 bits per heavy atom. The summed E-state index contributed by atoms with van der Waals surface area (Å²) in [7, 11) is 3.91. The van der Waals surface area contributed by atoms with Crippen LogP contribution < -0.4 is 5.56 Å². The summed E-state index contributed by atoms with van der Waals surface area (Å²) in [6.07, 6.45) is 2.43. The molecule has 1 rings (SSSR count). The third-order valence-corrected chi connectivity index (χ3v) is 2.25. The Hall–Kier alpha value is -1.62. The molecule has 0 aliphatic carbocycles. The summed E-state index contributed by atoms with van der Waals surface area (Å²) < 4.78 is 1.44. The third kappa shape index (κ3) is 3.20. The molecule has 0 fully saturated rings. The average Bonchev–Trinajstić information content (AvgIpc) is 2.19. The van der Waals surface area contributed by atoms with Gasteiger partial charge in [0.15, 0.2) is 0 Å². The maximum atomic E-state index is 11.7. The third-order valence-electron chi connectivity index (χ3n) is 2.25. The van der Waals surface area contributed by atoms with Crippen LogP contribution in [0.25, 0.3) is 0 Å². The van der Waals surface area contributed by atoms with Gasteiger partial charge in [-0.2, -0.15) is 0 Å². The Kier molecular flexibility index (Phi) is 4.25. The highest BCUT2D eigenvalue weighted by Gasteiger charge is 2.09. The van der Waals surface area contributed by atoms with Crippen LogP contribution in [0.15, 0.2) is 23.1 Å². The van der Waals surface area contributed by atoms with Gasteiger partial charge in [0, 0.05) is 12.7 Å². The van der Waals surface area contributed by atoms with Crippen molar-refractivity contribution in [1.82, 2.24) is 9.47 Å². The first-order valence-electron chi connectivity index (χ1n) is 5.10. The lowest BCUT2D eigenvalue weighted by atomic mass is 10.2. The minimum absolute atomic E-state index is 0.174. The number of aromatic nitrogens is 1. The Balaban J connectivity index is 2.78. The molecule has 1 N–H and O–H groups in total. The van der Waals surface area contributed by atoms with Crippen LogP contribution in [0.1, 0.15) is 16.8 Å². The first kappa shape index (κ1) is 12.4. The normalized spacial score (nSPS) is 10.7. The maximum Gasteiger partial charge on any atom is 0.341 e. The van der Waals surface area contributed by atoms with E-state index in [0.717, 1.165) is 13.0 Å². The van der Waals surface area contributed by atoms with Gasteiger partial charge in [-0.3, -0.25) is 4.79 Å². The molecule has 0 aliphatic rings. The van der Waals surface area contributed by atoms with E-state index in [9.17, 15) is 9.59 Å². The van der Waals surface area contributed by atoms with Crippen LogP contribution in [0, 0.1) is 0 Å². The van der Waals surface area contributed by atoms with Crippen molar-refractivity contribution in [2.24, 2.45) is 0 Å². The van der Waals surface area contributed by atoms with Crippen LogP contribution in [0.4, 0.5) is 0 Å². The number of nitrogens with zero attached hydrogens (tertiary/aromatic N) is 2. The lowest BCUT2D eigenvalue weighted by molar-refractivity contribution is 0.0694. The van der Waals surface area contributed by atoms with Gasteiger partial charge in [-0.1, -0.05) is 0 Å². The molecule has 5 nitrogen and oxygen atoms in total.